The van der Waals surface area contributed by atoms with Gasteiger partial charge in [0.05, 0.1) is 0 Å². The van der Waals surface area contributed by atoms with E-state index in [0.717, 1.165) is 12.8 Å². The Morgan fingerprint density at radius 2 is 2.09 bits per heavy atom. The van der Waals surface area contributed by atoms with Crippen LogP contribution in [0.4, 0.5) is 0 Å². The van der Waals surface area contributed by atoms with E-state index in [0.29, 0.717) is 5.75 Å². The van der Waals surface area contributed by atoms with E-state index in [1.54, 1.807) is 6.07 Å². The van der Waals surface area contributed by atoms with Crippen LogP contribution in [-0.2, 0) is 6.42 Å². The molecule has 1 aromatic carbocycles. The highest BCUT2D eigenvalue weighted by Gasteiger charge is 1.96. The van der Waals surface area contributed by atoms with Crippen molar-refractivity contribution < 1.29 is 5.11 Å². The topological polar surface area (TPSA) is 20.2 Å². The maximum absolute atomic E-state index is 9.11. The fourth-order valence-electron chi connectivity index (χ4n) is 1.23. The lowest BCUT2D eigenvalue weighted by atomic mass is 10.0. The van der Waals surface area contributed by atoms with Gasteiger partial charge in [-0.05, 0) is 36.6 Å². The number of benzene rings is 1. The molecule has 0 fully saturated rings. The van der Waals surface area contributed by atoms with Crippen molar-refractivity contribution in [1.29, 1.82) is 0 Å². The largest absolute Gasteiger partial charge is 0.508 e. The summed E-state index contributed by atoms with van der Waals surface area (Å²) in [5.41, 5.74) is 2.53. The molecule has 0 amide bonds. The number of rotatable bonds is 2. The van der Waals surface area contributed by atoms with E-state index in [2.05, 4.69) is 6.92 Å². The zero-order valence-electron chi connectivity index (χ0n) is 7.09. The second-order valence-electron chi connectivity index (χ2n) is 2.86. The van der Waals surface area contributed by atoms with Gasteiger partial charge in [-0.15, -0.1) is 0 Å². The van der Waals surface area contributed by atoms with Crippen molar-refractivity contribution in [3.05, 3.63) is 29.3 Å². The maximum Gasteiger partial charge on any atom is 0.115 e. The van der Waals surface area contributed by atoms with Crippen LogP contribution in [0, 0.1) is 6.92 Å². The molecule has 1 rings (SSSR count). The minimum absolute atomic E-state index is 0.363. The van der Waals surface area contributed by atoms with E-state index < -0.39 is 0 Å². The van der Waals surface area contributed by atoms with Gasteiger partial charge in [0, 0.05) is 0 Å². The molecule has 1 heteroatoms. The molecule has 0 radical (unpaired) electrons. The summed E-state index contributed by atoms with van der Waals surface area (Å²) >= 11 is 0. The third-order valence-electron chi connectivity index (χ3n) is 1.85. The Kier molecular flexibility index (Phi) is 2.53. The zero-order valence-corrected chi connectivity index (χ0v) is 7.09. The average molecular weight is 150 g/mol. The molecular formula is C10H14O. The highest BCUT2D eigenvalue weighted by Crippen LogP contribution is 2.16. The summed E-state index contributed by atoms with van der Waals surface area (Å²) in [5, 5.41) is 9.11. The Balaban J connectivity index is 2.90. The quantitative estimate of drug-likeness (QED) is 0.687. The standard InChI is InChI=1S/C10H14O/c1-3-4-9-5-6-10(11)7-8(9)2/h5-7,11H,3-4H2,1-2H3. The molecule has 0 bridgehead atoms. The summed E-state index contributed by atoms with van der Waals surface area (Å²) in [5.74, 6) is 0.363. The van der Waals surface area contributed by atoms with Gasteiger partial charge in [0.2, 0.25) is 0 Å². The number of hydrogen-bond donors (Lipinski definition) is 1. The van der Waals surface area contributed by atoms with Gasteiger partial charge in [-0.1, -0.05) is 19.4 Å². The molecule has 0 unspecified atom stereocenters. The van der Waals surface area contributed by atoms with E-state index in [1.165, 1.54) is 11.1 Å². The van der Waals surface area contributed by atoms with Crippen LogP contribution in [0.25, 0.3) is 0 Å². The Labute approximate surface area is 67.7 Å². The van der Waals surface area contributed by atoms with Crippen molar-refractivity contribution in [2.75, 3.05) is 0 Å². The normalized spacial score (nSPS) is 10.0. The molecule has 0 aliphatic carbocycles. The molecule has 0 saturated carbocycles. The lowest BCUT2D eigenvalue weighted by Gasteiger charge is -2.03. The predicted molar refractivity (Wildman–Crippen MR) is 46.8 cm³/mol. The van der Waals surface area contributed by atoms with Crippen LogP contribution in [-0.4, -0.2) is 5.11 Å². The van der Waals surface area contributed by atoms with Crippen LogP contribution in [0.15, 0.2) is 18.2 Å². The van der Waals surface area contributed by atoms with Crippen molar-refractivity contribution in [2.24, 2.45) is 0 Å². The molecule has 60 valence electrons. The van der Waals surface area contributed by atoms with E-state index in [1.807, 2.05) is 19.1 Å². The summed E-state index contributed by atoms with van der Waals surface area (Å²) < 4.78 is 0. The first kappa shape index (κ1) is 8.12. The Morgan fingerprint density at radius 3 is 2.64 bits per heavy atom. The lowest BCUT2D eigenvalue weighted by Crippen LogP contribution is -1.86. The van der Waals surface area contributed by atoms with Crippen molar-refractivity contribution >= 4 is 0 Å². The summed E-state index contributed by atoms with van der Waals surface area (Å²) in [6.45, 7) is 4.19. The number of phenols is 1. The third kappa shape index (κ3) is 1.97. The maximum atomic E-state index is 9.11. The summed E-state index contributed by atoms with van der Waals surface area (Å²) in [6, 6.07) is 5.55. The molecule has 11 heavy (non-hydrogen) atoms. The van der Waals surface area contributed by atoms with E-state index >= 15 is 0 Å². The second kappa shape index (κ2) is 3.42. The molecule has 0 spiro atoms. The van der Waals surface area contributed by atoms with E-state index in [9.17, 15) is 0 Å². The van der Waals surface area contributed by atoms with E-state index in [4.69, 9.17) is 5.11 Å². The van der Waals surface area contributed by atoms with Gasteiger partial charge in [-0.2, -0.15) is 0 Å². The predicted octanol–water partition coefficient (Wildman–Crippen LogP) is 2.65. The molecule has 1 aromatic rings. The van der Waals surface area contributed by atoms with Crippen molar-refractivity contribution in [1.82, 2.24) is 0 Å². The monoisotopic (exact) mass is 150 g/mol. The first-order chi connectivity index (χ1) is 5.24. The number of phenolic OH excluding ortho intramolecular Hbond substituents is 1. The minimum Gasteiger partial charge on any atom is -0.508 e. The number of hydrogen-bond acceptors (Lipinski definition) is 1. The van der Waals surface area contributed by atoms with Crippen LogP contribution in [0.3, 0.4) is 0 Å². The summed E-state index contributed by atoms with van der Waals surface area (Å²) in [6.07, 6.45) is 2.26. The molecule has 0 aromatic heterocycles. The molecule has 0 aliphatic heterocycles. The van der Waals surface area contributed by atoms with Crippen LogP contribution in [0.1, 0.15) is 24.5 Å². The molecular weight excluding hydrogens is 136 g/mol. The van der Waals surface area contributed by atoms with Gasteiger partial charge in [0.1, 0.15) is 5.75 Å². The summed E-state index contributed by atoms with van der Waals surface area (Å²) in [4.78, 5) is 0. The van der Waals surface area contributed by atoms with Gasteiger partial charge in [0.25, 0.3) is 0 Å². The Hall–Kier alpha value is -0.980. The van der Waals surface area contributed by atoms with Gasteiger partial charge < -0.3 is 5.11 Å². The average Bonchev–Trinajstić information content (AvgIpc) is 1.95. The molecule has 0 heterocycles. The first-order valence-electron chi connectivity index (χ1n) is 4.02. The Bertz CT molecular complexity index is 241. The van der Waals surface area contributed by atoms with Crippen LogP contribution in [0.5, 0.6) is 5.75 Å². The van der Waals surface area contributed by atoms with Gasteiger partial charge in [0.15, 0.2) is 0 Å². The highest BCUT2D eigenvalue weighted by atomic mass is 16.3. The van der Waals surface area contributed by atoms with Gasteiger partial charge in [-0.3, -0.25) is 0 Å². The molecule has 0 aliphatic rings. The van der Waals surface area contributed by atoms with Gasteiger partial charge in [-0.25, -0.2) is 0 Å². The number of aromatic hydroxyl groups is 1. The third-order valence-corrected chi connectivity index (χ3v) is 1.85. The fraction of sp³-hybridized carbons (Fsp3) is 0.400. The highest BCUT2D eigenvalue weighted by molar-refractivity contribution is 5.33. The molecule has 0 saturated heterocycles. The smallest absolute Gasteiger partial charge is 0.115 e. The first-order valence-corrected chi connectivity index (χ1v) is 4.02. The number of aryl methyl sites for hydroxylation is 2. The van der Waals surface area contributed by atoms with Crippen LogP contribution in [0.2, 0.25) is 0 Å². The minimum atomic E-state index is 0.363. The molecule has 1 N–H and O–H groups in total. The summed E-state index contributed by atoms with van der Waals surface area (Å²) in [7, 11) is 0. The lowest BCUT2D eigenvalue weighted by molar-refractivity contribution is 0.474. The van der Waals surface area contributed by atoms with E-state index in [-0.39, 0.29) is 0 Å². The SMILES string of the molecule is CCCc1ccc(O)cc1C. The van der Waals surface area contributed by atoms with Gasteiger partial charge >= 0.3 is 0 Å². The van der Waals surface area contributed by atoms with Crippen LogP contribution < -0.4 is 0 Å². The zero-order chi connectivity index (χ0) is 8.27. The second-order valence-corrected chi connectivity index (χ2v) is 2.86. The van der Waals surface area contributed by atoms with Crippen molar-refractivity contribution in [2.45, 2.75) is 26.7 Å². The molecule has 1 nitrogen and oxygen atoms in total. The van der Waals surface area contributed by atoms with Crippen molar-refractivity contribution in [3.63, 3.8) is 0 Å². The van der Waals surface area contributed by atoms with Crippen LogP contribution >= 0.6 is 0 Å². The Morgan fingerprint density at radius 1 is 1.36 bits per heavy atom. The molecule has 0 atom stereocenters. The fourth-order valence-corrected chi connectivity index (χ4v) is 1.23. The van der Waals surface area contributed by atoms with Crippen molar-refractivity contribution in [3.8, 4) is 5.75 Å².